The maximum atomic E-state index is 12.5. The van der Waals surface area contributed by atoms with Crippen LogP contribution in [0.4, 0.5) is 0 Å². The van der Waals surface area contributed by atoms with Crippen molar-refractivity contribution in [3.63, 3.8) is 0 Å². The SMILES string of the molecule is CN=C(NCCc1nnc2ccccn12)N1CCN(C(=O)C2CCCO2)CC1.I. The van der Waals surface area contributed by atoms with Gasteiger partial charge in [-0.05, 0) is 25.0 Å². The van der Waals surface area contributed by atoms with Gasteiger partial charge in [0.05, 0.1) is 0 Å². The fraction of sp³-hybridized carbons (Fsp3) is 0.579. The molecule has 0 aliphatic carbocycles. The number of carbonyl (C=O) groups is 1. The molecule has 1 N–H and O–H groups in total. The lowest BCUT2D eigenvalue weighted by atomic mass is 10.2. The van der Waals surface area contributed by atoms with Crippen molar-refractivity contribution in [3.05, 3.63) is 30.2 Å². The third kappa shape index (κ3) is 4.97. The summed E-state index contributed by atoms with van der Waals surface area (Å²) in [6, 6.07) is 5.88. The third-order valence-corrected chi connectivity index (χ3v) is 5.32. The smallest absolute Gasteiger partial charge is 0.251 e. The number of guanidine groups is 1. The molecule has 10 heteroatoms. The number of rotatable bonds is 4. The normalized spacial score (nSPS) is 20.0. The topological polar surface area (TPSA) is 87.4 Å². The Bertz CT molecular complexity index is 842. The molecule has 9 nitrogen and oxygen atoms in total. The highest BCUT2D eigenvalue weighted by molar-refractivity contribution is 14.0. The van der Waals surface area contributed by atoms with Gasteiger partial charge in [-0.1, -0.05) is 6.07 Å². The molecule has 0 bridgehead atoms. The van der Waals surface area contributed by atoms with Crippen LogP contribution >= 0.6 is 24.0 Å². The molecule has 1 unspecified atom stereocenters. The van der Waals surface area contributed by atoms with Gasteiger partial charge < -0.3 is 19.9 Å². The number of ether oxygens (including phenoxy) is 1. The van der Waals surface area contributed by atoms with Crippen LogP contribution in [0.25, 0.3) is 5.65 Å². The minimum Gasteiger partial charge on any atom is -0.368 e. The summed E-state index contributed by atoms with van der Waals surface area (Å²) in [6.07, 6.45) is 4.32. The van der Waals surface area contributed by atoms with Crippen molar-refractivity contribution in [2.75, 3.05) is 46.4 Å². The first-order valence-corrected chi connectivity index (χ1v) is 9.91. The standard InChI is InChI=1S/C19H27N7O2.HI/c1-20-19(21-8-7-17-23-22-16-6-2-3-9-26(16)17)25-12-10-24(11-13-25)18(27)15-5-4-14-28-15;/h2-3,6,9,15H,4-5,7-8,10-14H2,1H3,(H,20,21);1H. The monoisotopic (exact) mass is 513 g/mol. The van der Waals surface area contributed by atoms with Crippen LogP contribution in [0.3, 0.4) is 0 Å². The number of amides is 1. The molecule has 2 saturated heterocycles. The van der Waals surface area contributed by atoms with Crippen LogP contribution in [-0.4, -0.2) is 88.7 Å². The summed E-state index contributed by atoms with van der Waals surface area (Å²) in [5.74, 6) is 1.92. The van der Waals surface area contributed by atoms with E-state index in [4.69, 9.17) is 4.74 Å². The fourth-order valence-electron chi connectivity index (χ4n) is 3.79. The van der Waals surface area contributed by atoms with Crippen LogP contribution < -0.4 is 5.32 Å². The lowest BCUT2D eigenvalue weighted by Crippen LogP contribution is -2.55. The molecule has 0 spiro atoms. The van der Waals surface area contributed by atoms with Crippen molar-refractivity contribution < 1.29 is 9.53 Å². The fourth-order valence-corrected chi connectivity index (χ4v) is 3.79. The van der Waals surface area contributed by atoms with Crippen molar-refractivity contribution in [3.8, 4) is 0 Å². The van der Waals surface area contributed by atoms with Gasteiger partial charge in [-0.15, -0.1) is 34.2 Å². The number of aliphatic imine (C=N–C) groups is 1. The highest BCUT2D eigenvalue weighted by atomic mass is 127. The summed E-state index contributed by atoms with van der Waals surface area (Å²) in [5.41, 5.74) is 0.855. The molecule has 2 aromatic heterocycles. The van der Waals surface area contributed by atoms with E-state index < -0.39 is 0 Å². The van der Waals surface area contributed by atoms with Gasteiger partial charge >= 0.3 is 0 Å². The molecule has 0 radical (unpaired) electrons. The number of pyridine rings is 1. The predicted octanol–water partition coefficient (Wildman–Crippen LogP) is 0.788. The van der Waals surface area contributed by atoms with Gasteiger partial charge in [0.25, 0.3) is 5.91 Å². The number of nitrogens with one attached hydrogen (secondary N) is 1. The van der Waals surface area contributed by atoms with Crippen molar-refractivity contribution >= 4 is 41.5 Å². The number of hydrogen-bond acceptors (Lipinski definition) is 5. The second kappa shape index (κ2) is 10.2. The van der Waals surface area contributed by atoms with Gasteiger partial charge in [0.1, 0.15) is 11.9 Å². The zero-order chi connectivity index (χ0) is 19.3. The van der Waals surface area contributed by atoms with E-state index in [-0.39, 0.29) is 36.0 Å². The van der Waals surface area contributed by atoms with Crippen molar-refractivity contribution in [2.45, 2.75) is 25.4 Å². The van der Waals surface area contributed by atoms with E-state index in [1.807, 2.05) is 33.7 Å². The number of nitrogens with zero attached hydrogens (tertiary/aromatic N) is 6. The second-order valence-corrected chi connectivity index (χ2v) is 7.08. The Morgan fingerprint density at radius 3 is 2.76 bits per heavy atom. The highest BCUT2D eigenvalue weighted by Crippen LogP contribution is 2.16. The van der Waals surface area contributed by atoms with Gasteiger partial charge in [-0.3, -0.25) is 14.2 Å². The molecule has 2 aliphatic rings. The van der Waals surface area contributed by atoms with Gasteiger partial charge in [0, 0.05) is 59.0 Å². The quantitative estimate of drug-likeness (QED) is 0.370. The molecule has 0 aromatic carbocycles. The van der Waals surface area contributed by atoms with E-state index in [1.165, 1.54) is 0 Å². The van der Waals surface area contributed by atoms with Crippen LogP contribution in [-0.2, 0) is 16.0 Å². The molecule has 0 saturated carbocycles. The molecule has 1 amide bonds. The Kier molecular flexibility index (Phi) is 7.64. The Hall–Kier alpha value is -1.95. The Labute approximate surface area is 187 Å². The zero-order valence-corrected chi connectivity index (χ0v) is 19.0. The van der Waals surface area contributed by atoms with Crippen molar-refractivity contribution in [1.29, 1.82) is 0 Å². The summed E-state index contributed by atoms with van der Waals surface area (Å²) in [5, 5.41) is 11.8. The van der Waals surface area contributed by atoms with Crippen LogP contribution in [0.15, 0.2) is 29.4 Å². The number of halogens is 1. The zero-order valence-electron chi connectivity index (χ0n) is 16.7. The molecule has 1 atom stereocenters. The van der Waals surface area contributed by atoms with Crippen molar-refractivity contribution in [1.82, 2.24) is 29.7 Å². The van der Waals surface area contributed by atoms with Crippen LogP contribution in [0.2, 0.25) is 0 Å². The lowest BCUT2D eigenvalue weighted by molar-refractivity contribution is -0.142. The molecule has 29 heavy (non-hydrogen) atoms. The Morgan fingerprint density at radius 2 is 2.03 bits per heavy atom. The summed E-state index contributed by atoms with van der Waals surface area (Å²) in [7, 11) is 1.79. The largest absolute Gasteiger partial charge is 0.368 e. The van der Waals surface area contributed by atoms with E-state index >= 15 is 0 Å². The average molecular weight is 513 g/mol. The minimum atomic E-state index is -0.234. The number of hydrogen-bond donors (Lipinski definition) is 1. The average Bonchev–Trinajstić information content (AvgIpc) is 3.41. The van der Waals surface area contributed by atoms with E-state index in [1.54, 1.807) is 7.05 Å². The van der Waals surface area contributed by atoms with Gasteiger partial charge in [0.15, 0.2) is 11.6 Å². The summed E-state index contributed by atoms with van der Waals surface area (Å²) < 4.78 is 7.53. The number of piperazine rings is 1. The minimum absolute atomic E-state index is 0. The van der Waals surface area contributed by atoms with Gasteiger partial charge in [-0.25, -0.2) is 0 Å². The number of aromatic nitrogens is 3. The first kappa shape index (κ1) is 21.8. The first-order chi connectivity index (χ1) is 13.8. The molecule has 2 fully saturated rings. The van der Waals surface area contributed by atoms with E-state index in [0.29, 0.717) is 19.7 Å². The van der Waals surface area contributed by atoms with Crippen LogP contribution in [0, 0.1) is 0 Å². The van der Waals surface area contributed by atoms with Crippen molar-refractivity contribution in [2.24, 2.45) is 4.99 Å². The number of fused-ring (bicyclic) bond motifs is 1. The van der Waals surface area contributed by atoms with E-state index in [9.17, 15) is 4.79 Å². The van der Waals surface area contributed by atoms with E-state index in [2.05, 4.69) is 25.4 Å². The lowest BCUT2D eigenvalue weighted by Gasteiger charge is -2.37. The van der Waals surface area contributed by atoms with Gasteiger partial charge in [0.2, 0.25) is 0 Å². The first-order valence-electron chi connectivity index (χ1n) is 9.91. The van der Waals surface area contributed by atoms with Crippen LogP contribution in [0.5, 0.6) is 0 Å². The second-order valence-electron chi connectivity index (χ2n) is 7.08. The summed E-state index contributed by atoms with van der Waals surface area (Å²) >= 11 is 0. The summed E-state index contributed by atoms with van der Waals surface area (Å²) in [4.78, 5) is 21.0. The summed E-state index contributed by atoms with van der Waals surface area (Å²) in [6.45, 7) is 4.37. The Balaban J connectivity index is 0.00000240. The van der Waals surface area contributed by atoms with E-state index in [0.717, 1.165) is 56.3 Å². The molecular weight excluding hydrogens is 485 g/mol. The maximum Gasteiger partial charge on any atom is 0.251 e. The number of carbonyl (C=O) groups excluding carboxylic acids is 1. The Morgan fingerprint density at radius 1 is 1.24 bits per heavy atom. The maximum absolute atomic E-state index is 12.5. The molecule has 2 aliphatic heterocycles. The molecule has 2 aromatic rings. The molecule has 4 rings (SSSR count). The predicted molar refractivity (Wildman–Crippen MR) is 121 cm³/mol. The highest BCUT2D eigenvalue weighted by Gasteiger charge is 2.30. The third-order valence-electron chi connectivity index (χ3n) is 5.32. The van der Waals surface area contributed by atoms with Crippen LogP contribution in [0.1, 0.15) is 18.7 Å². The molecule has 4 heterocycles. The van der Waals surface area contributed by atoms with Gasteiger partial charge in [-0.2, -0.15) is 0 Å². The molecular formula is C19H28IN7O2. The molecule has 158 valence electrons.